The summed E-state index contributed by atoms with van der Waals surface area (Å²) in [5, 5.41) is 0. The molecule has 0 bridgehead atoms. The average Bonchev–Trinajstić information content (AvgIpc) is 2.57. The summed E-state index contributed by atoms with van der Waals surface area (Å²) in [5.74, 6) is 0.667. The zero-order valence-electron chi connectivity index (χ0n) is 6.32. The molecule has 0 N–H and O–H groups in total. The highest BCUT2D eigenvalue weighted by Gasteiger charge is 2.01. The van der Waals surface area contributed by atoms with Crippen molar-refractivity contribution in [2.45, 2.75) is 19.3 Å². The van der Waals surface area contributed by atoms with E-state index in [2.05, 4.69) is 16.5 Å². The van der Waals surface area contributed by atoms with Crippen LogP contribution in [0.4, 0.5) is 0 Å². The average molecular weight is 169 g/mol. The first-order chi connectivity index (χ1) is 5.39. The third-order valence-electron chi connectivity index (χ3n) is 1.39. The van der Waals surface area contributed by atoms with Crippen molar-refractivity contribution in [2.75, 3.05) is 5.75 Å². The second kappa shape index (κ2) is 5.13. The lowest BCUT2D eigenvalue weighted by molar-refractivity contribution is -0.110. The standard InChI is InChI=1S/C5H8.C3H3NOS/c1-2-4-5-3-1;5-3-1-4-6-2-3/h1-2H,3-5H2;1H,2H2. The molecule has 3 heteroatoms. The van der Waals surface area contributed by atoms with E-state index in [1.165, 1.54) is 37.4 Å². The number of ketones is 1. The van der Waals surface area contributed by atoms with Crippen molar-refractivity contribution in [1.29, 1.82) is 0 Å². The maximum atomic E-state index is 10.1. The number of Topliss-reactive ketones (excluding diaryl/α,β-unsaturated/α-hetero) is 1. The highest BCUT2D eigenvalue weighted by Crippen LogP contribution is 2.05. The zero-order chi connectivity index (χ0) is 7.94. The van der Waals surface area contributed by atoms with Crippen LogP contribution in [-0.2, 0) is 4.79 Å². The molecule has 0 saturated carbocycles. The lowest BCUT2D eigenvalue weighted by Crippen LogP contribution is -1.93. The van der Waals surface area contributed by atoms with Gasteiger partial charge in [-0.05, 0) is 31.2 Å². The van der Waals surface area contributed by atoms with Crippen molar-refractivity contribution in [1.82, 2.24) is 0 Å². The van der Waals surface area contributed by atoms with Crippen LogP contribution < -0.4 is 0 Å². The monoisotopic (exact) mass is 169 g/mol. The number of carbonyl (C=O) groups excluding carboxylic acids is 1. The SMILES string of the molecule is C1=CCCC1.O=C1C=NSC1. The molecular weight excluding hydrogens is 158 g/mol. The highest BCUT2D eigenvalue weighted by molar-refractivity contribution is 7.99. The first-order valence-corrected chi connectivity index (χ1v) is 4.67. The molecule has 1 aliphatic carbocycles. The van der Waals surface area contributed by atoms with E-state index < -0.39 is 0 Å². The molecule has 2 rings (SSSR count). The predicted molar refractivity (Wildman–Crippen MR) is 48.9 cm³/mol. The molecular formula is C8H11NOS. The minimum Gasteiger partial charge on any atom is -0.292 e. The Labute approximate surface area is 70.9 Å². The van der Waals surface area contributed by atoms with Gasteiger partial charge in [0.1, 0.15) is 0 Å². The molecule has 0 atom stereocenters. The Morgan fingerprint density at radius 1 is 1.36 bits per heavy atom. The van der Waals surface area contributed by atoms with Gasteiger partial charge in [-0.25, -0.2) is 4.40 Å². The van der Waals surface area contributed by atoms with Crippen molar-refractivity contribution in [2.24, 2.45) is 4.40 Å². The fourth-order valence-corrected chi connectivity index (χ4v) is 1.29. The van der Waals surface area contributed by atoms with Gasteiger partial charge < -0.3 is 0 Å². The molecule has 1 heterocycles. The van der Waals surface area contributed by atoms with Gasteiger partial charge in [0.05, 0.1) is 12.0 Å². The number of carbonyl (C=O) groups is 1. The van der Waals surface area contributed by atoms with E-state index in [4.69, 9.17) is 0 Å². The Hall–Kier alpha value is -0.570. The van der Waals surface area contributed by atoms with E-state index in [-0.39, 0.29) is 5.78 Å². The first-order valence-electron chi connectivity index (χ1n) is 3.73. The van der Waals surface area contributed by atoms with Crippen LogP contribution in [0.2, 0.25) is 0 Å². The van der Waals surface area contributed by atoms with Crippen LogP contribution in [0.1, 0.15) is 19.3 Å². The summed E-state index contributed by atoms with van der Waals surface area (Å²) in [4.78, 5) is 10.1. The van der Waals surface area contributed by atoms with Gasteiger partial charge >= 0.3 is 0 Å². The van der Waals surface area contributed by atoms with Crippen molar-refractivity contribution in [3.05, 3.63) is 12.2 Å². The summed E-state index contributed by atoms with van der Waals surface area (Å²) in [6.45, 7) is 0. The Balaban J connectivity index is 0.000000112. The smallest absolute Gasteiger partial charge is 0.186 e. The van der Waals surface area contributed by atoms with E-state index >= 15 is 0 Å². The summed E-state index contributed by atoms with van der Waals surface area (Å²) < 4.78 is 3.61. The Bertz CT molecular complexity index is 181. The van der Waals surface area contributed by atoms with E-state index in [9.17, 15) is 4.79 Å². The van der Waals surface area contributed by atoms with Gasteiger partial charge in [-0.15, -0.1) is 0 Å². The van der Waals surface area contributed by atoms with Crippen LogP contribution >= 0.6 is 11.9 Å². The molecule has 2 aliphatic rings. The maximum Gasteiger partial charge on any atom is 0.186 e. The minimum atomic E-state index is 0.125. The summed E-state index contributed by atoms with van der Waals surface area (Å²) >= 11 is 1.30. The fraction of sp³-hybridized carbons (Fsp3) is 0.500. The van der Waals surface area contributed by atoms with E-state index in [1.807, 2.05) is 0 Å². The van der Waals surface area contributed by atoms with Crippen molar-refractivity contribution >= 4 is 23.9 Å². The van der Waals surface area contributed by atoms with Crippen LogP contribution in [0.3, 0.4) is 0 Å². The van der Waals surface area contributed by atoms with Gasteiger partial charge in [-0.3, -0.25) is 4.79 Å². The third kappa shape index (κ3) is 3.98. The van der Waals surface area contributed by atoms with E-state index in [0.29, 0.717) is 5.75 Å². The molecule has 0 saturated heterocycles. The Kier molecular flexibility index (Phi) is 3.98. The van der Waals surface area contributed by atoms with Gasteiger partial charge in [-0.1, -0.05) is 12.2 Å². The van der Waals surface area contributed by atoms with Crippen molar-refractivity contribution in [3.63, 3.8) is 0 Å². The van der Waals surface area contributed by atoms with Crippen LogP contribution in [0, 0.1) is 0 Å². The molecule has 60 valence electrons. The molecule has 11 heavy (non-hydrogen) atoms. The summed E-state index contributed by atoms with van der Waals surface area (Å²) in [6, 6.07) is 0. The van der Waals surface area contributed by atoms with Gasteiger partial charge in [0, 0.05) is 0 Å². The van der Waals surface area contributed by atoms with Crippen LogP contribution in [0.5, 0.6) is 0 Å². The van der Waals surface area contributed by atoms with E-state index in [1.54, 1.807) is 0 Å². The molecule has 1 aliphatic heterocycles. The third-order valence-corrected chi connectivity index (χ3v) is 2.05. The molecule has 0 unspecified atom stereocenters. The molecule has 0 fully saturated rings. The number of hydrogen-bond donors (Lipinski definition) is 0. The molecule has 2 nitrogen and oxygen atoms in total. The summed E-state index contributed by atoms with van der Waals surface area (Å²) in [5.41, 5.74) is 0. The van der Waals surface area contributed by atoms with Gasteiger partial charge in [0.25, 0.3) is 0 Å². The number of rotatable bonds is 0. The lowest BCUT2D eigenvalue weighted by atomic mass is 10.4. The summed E-state index contributed by atoms with van der Waals surface area (Å²) in [6.07, 6.45) is 9.85. The summed E-state index contributed by atoms with van der Waals surface area (Å²) in [7, 11) is 0. The normalized spacial score (nSPS) is 20.2. The van der Waals surface area contributed by atoms with Crippen LogP contribution in [-0.4, -0.2) is 17.8 Å². The molecule has 0 amide bonds. The highest BCUT2D eigenvalue weighted by atomic mass is 32.2. The predicted octanol–water partition coefficient (Wildman–Crippen LogP) is 2.01. The number of hydrogen-bond acceptors (Lipinski definition) is 3. The van der Waals surface area contributed by atoms with Gasteiger partial charge in [0.15, 0.2) is 5.78 Å². The van der Waals surface area contributed by atoms with Crippen LogP contribution in [0.25, 0.3) is 0 Å². The van der Waals surface area contributed by atoms with Crippen molar-refractivity contribution < 1.29 is 4.79 Å². The molecule has 0 spiro atoms. The largest absolute Gasteiger partial charge is 0.292 e. The Morgan fingerprint density at radius 2 is 2.09 bits per heavy atom. The molecule has 0 radical (unpaired) electrons. The maximum absolute atomic E-state index is 10.1. The quantitative estimate of drug-likeness (QED) is 0.410. The second-order valence-corrected chi connectivity index (χ2v) is 3.13. The fourth-order valence-electron chi connectivity index (χ4n) is 0.823. The van der Waals surface area contributed by atoms with Gasteiger partial charge in [0.2, 0.25) is 0 Å². The number of allylic oxidation sites excluding steroid dienone is 2. The lowest BCUT2D eigenvalue weighted by Gasteiger charge is -1.69. The van der Waals surface area contributed by atoms with Gasteiger partial charge in [-0.2, -0.15) is 0 Å². The molecule has 0 aromatic carbocycles. The molecule has 0 aromatic rings. The van der Waals surface area contributed by atoms with Crippen LogP contribution in [0.15, 0.2) is 16.5 Å². The topological polar surface area (TPSA) is 29.4 Å². The zero-order valence-corrected chi connectivity index (χ0v) is 7.14. The molecule has 0 aromatic heterocycles. The second-order valence-electron chi connectivity index (χ2n) is 2.38. The Morgan fingerprint density at radius 3 is 2.27 bits per heavy atom. The minimum absolute atomic E-state index is 0.125. The van der Waals surface area contributed by atoms with Crippen molar-refractivity contribution in [3.8, 4) is 0 Å². The number of nitrogens with zero attached hydrogens (tertiary/aromatic N) is 1. The first kappa shape index (κ1) is 8.53. The van der Waals surface area contributed by atoms with E-state index in [0.717, 1.165) is 0 Å².